The van der Waals surface area contributed by atoms with Crippen molar-refractivity contribution in [2.45, 2.75) is 25.9 Å². The molecule has 0 radical (unpaired) electrons. The van der Waals surface area contributed by atoms with Crippen LogP contribution < -0.4 is 5.11 Å². The minimum absolute atomic E-state index is 0.0937. The maximum atomic E-state index is 10.7. The van der Waals surface area contributed by atoms with Crippen LogP contribution in [0.2, 0.25) is 0 Å². The molecule has 0 bridgehead atoms. The highest BCUT2D eigenvalue weighted by atomic mass is 32.1. The largest absolute Gasteiger partial charge is 0.542 e. The van der Waals surface area contributed by atoms with Gasteiger partial charge in [-0.3, -0.25) is 4.90 Å². The first-order valence-corrected chi connectivity index (χ1v) is 6.36. The lowest BCUT2D eigenvalue weighted by atomic mass is 10.1. The number of carboxylic acids is 1. The number of methoxy groups -OCH3 is 1. The number of fused-ring (bicyclic) bond motifs is 1. The Morgan fingerprint density at radius 3 is 3.12 bits per heavy atom. The molecule has 0 fully saturated rings. The molecule has 0 saturated carbocycles. The predicted molar refractivity (Wildman–Crippen MR) is 61.9 cm³/mol. The van der Waals surface area contributed by atoms with Crippen LogP contribution in [0.25, 0.3) is 0 Å². The Bertz CT molecular complexity index is 419. The number of aromatic carboxylic acids is 1. The maximum absolute atomic E-state index is 10.7. The highest BCUT2D eigenvalue weighted by Crippen LogP contribution is 2.25. The van der Waals surface area contributed by atoms with Crippen LogP contribution in [0.3, 0.4) is 0 Å². The summed E-state index contributed by atoms with van der Waals surface area (Å²) >= 11 is 1.23. The lowest BCUT2D eigenvalue weighted by molar-refractivity contribution is -0.255. The molecule has 5 nitrogen and oxygen atoms in total. The molecule has 1 unspecified atom stereocenters. The molecule has 1 aromatic rings. The van der Waals surface area contributed by atoms with Crippen LogP contribution in [0.5, 0.6) is 0 Å². The van der Waals surface area contributed by atoms with Gasteiger partial charge in [0.05, 0.1) is 12.3 Å². The standard InChI is InChI=1S/C11H16N2O3S/c1-7(6-16-2)13-4-3-8-9(5-13)17-10(12-8)11(14)15/h7H,3-6H2,1-2H3,(H,14,15)/p-1. The summed E-state index contributed by atoms with van der Waals surface area (Å²) in [5.74, 6) is -1.18. The van der Waals surface area contributed by atoms with E-state index in [1.54, 1.807) is 7.11 Å². The van der Waals surface area contributed by atoms with Crippen LogP contribution in [-0.2, 0) is 17.7 Å². The molecule has 0 amide bonds. The van der Waals surface area contributed by atoms with Crippen molar-refractivity contribution in [1.29, 1.82) is 0 Å². The second kappa shape index (κ2) is 5.12. The van der Waals surface area contributed by atoms with E-state index in [9.17, 15) is 9.90 Å². The minimum atomic E-state index is -1.18. The molecule has 1 aliphatic heterocycles. The first kappa shape index (κ1) is 12.5. The van der Waals surface area contributed by atoms with Crippen molar-refractivity contribution in [2.75, 3.05) is 20.3 Å². The van der Waals surface area contributed by atoms with Gasteiger partial charge in [0.2, 0.25) is 0 Å². The molecule has 0 spiro atoms. The summed E-state index contributed by atoms with van der Waals surface area (Å²) in [6.45, 7) is 4.44. The van der Waals surface area contributed by atoms with Gasteiger partial charge in [-0.05, 0) is 6.92 Å². The van der Waals surface area contributed by atoms with Gasteiger partial charge in [-0.25, -0.2) is 4.98 Å². The van der Waals surface area contributed by atoms with Crippen LogP contribution in [0.15, 0.2) is 0 Å². The van der Waals surface area contributed by atoms with Crippen LogP contribution in [-0.4, -0.2) is 42.2 Å². The molecular weight excluding hydrogens is 240 g/mol. The Labute approximate surface area is 104 Å². The Balaban J connectivity index is 2.10. The van der Waals surface area contributed by atoms with Crippen LogP contribution >= 0.6 is 11.3 Å². The number of hydrogen-bond donors (Lipinski definition) is 0. The molecule has 0 saturated heterocycles. The summed E-state index contributed by atoms with van der Waals surface area (Å²) in [5.41, 5.74) is 0.912. The average Bonchev–Trinajstić information content (AvgIpc) is 2.71. The molecule has 1 atom stereocenters. The summed E-state index contributed by atoms with van der Waals surface area (Å²) in [6, 6.07) is 0.335. The Morgan fingerprint density at radius 1 is 1.71 bits per heavy atom. The van der Waals surface area contributed by atoms with E-state index in [0.29, 0.717) is 12.6 Å². The lowest BCUT2D eigenvalue weighted by Gasteiger charge is -2.31. The number of hydrogen-bond acceptors (Lipinski definition) is 6. The van der Waals surface area contributed by atoms with Gasteiger partial charge < -0.3 is 14.6 Å². The molecule has 1 aliphatic rings. The topological polar surface area (TPSA) is 65.5 Å². The van der Waals surface area contributed by atoms with Crippen LogP contribution in [0.1, 0.15) is 27.3 Å². The van der Waals surface area contributed by atoms with Gasteiger partial charge in [0, 0.05) is 37.5 Å². The summed E-state index contributed by atoms with van der Waals surface area (Å²) in [5, 5.41) is 10.8. The molecule has 0 aliphatic carbocycles. The van der Waals surface area contributed by atoms with E-state index < -0.39 is 5.97 Å². The van der Waals surface area contributed by atoms with E-state index in [-0.39, 0.29) is 5.01 Å². The normalized spacial score (nSPS) is 17.8. The number of carboxylic acid groups (broad SMARTS) is 1. The maximum Gasteiger partial charge on any atom is 0.139 e. The minimum Gasteiger partial charge on any atom is -0.542 e. The van der Waals surface area contributed by atoms with Gasteiger partial charge in [0.25, 0.3) is 0 Å². The van der Waals surface area contributed by atoms with Gasteiger partial charge in [0.15, 0.2) is 0 Å². The fraction of sp³-hybridized carbons (Fsp3) is 0.636. The van der Waals surface area contributed by atoms with Crippen molar-refractivity contribution >= 4 is 17.3 Å². The Kier molecular flexibility index (Phi) is 3.76. The third-order valence-electron chi connectivity index (χ3n) is 2.97. The molecule has 6 heteroatoms. The summed E-state index contributed by atoms with van der Waals surface area (Å²) in [6.07, 6.45) is 0.799. The highest BCUT2D eigenvalue weighted by molar-refractivity contribution is 7.13. The molecule has 17 heavy (non-hydrogen) atoms. The molecule has 1 aromatic heterocycles. The zero-order chi connectivity index (χ0) is 12.4. The number of carbonyl (C=O) groups excluding carboxylic acids is 1. The summed E-state index contributed by atoms with van der Waals surface area (Å²) in [7, 11) is 1.69. The van der Waals surface area contributed by atoms with Crippen molar-refractivity contribution in [2.24, 2.45) is 0 Å². The first-order valence-electron chi connectivity index (χ1n) is 5.54. The molecule has 0 N–H and O–H groups in total. The fourth-order valence-electron chi connectivity index (χ4n) is 2.03. The van der Waals surface area contributed by atoms with Crippen molar-refractivity contribution in [3.8, 4) is 0 Å². The third kappa shape index (κ3) is 2.65. The molecule has 2 heterocycles. The number of carbonyl (C=O) groups is 1. The summed E-state index contributed by atoms with van der Waals surface area (Å²) in [4.78, 5) is 18.1. The second-order valence-corrected chi connectivity index (χ2v) is 5.28. The van der Waals surface area contributed by atoms with E-state index in [0.717, 1.165) is 30.1 Å². The zero-order valence-corrected chi connectivity index (χ0v) is 10.7. The van der Waals surface area contributed by atoms with Gasteiger partial charge in [-0.1, -0.05) is 0 Å². The number of ether oxygens (including phenoxy) is 1. The average molecular weight is 255 g/mol. The Hall–Kier alpha value is -0.980. The van der Waals surface area contributed by atoms with E-state index in [1.165, 1.54) is 11.3 Å². The van der Waals surface area contributed by atoms with E-state index in [4.69, 9.17) is 4.74 Å². The lowest BCUT2D eigenvalue weighted by Crippen LogP contribution is -2.39. The quantitative estimate of drug-likeness (QED) is 0.751. The summed E-state index contributed by atoms with van der Waals surface area (Å²) < 4.78 is 5.13. The number of aromatic nitrogens is 1. The molecule has 0 aromatic carbocycles. The predicted octanol–water partition coefficient (Wildman–Crippen LogP) is -0.100. The fourth-order valence-corrected chi connectivity index (χ4v) is 2.99. The van der Waals surface area contributed by atoms with Crippen molar-refractivity contribution in [3.63, 3.8) is 0 Å². The smallest absolute Gasteiger partial charge is 0.139 e. The van der Waals surface area contributed by atoms with Crippen molar-refractivity contribution < 1.29 is 14.6 Å². The molecular formula is C11H15N2O3S-. The second-order valence-electron chi connectivity index (χ2n) is 4.20. The van der Waals surface area contributed by atoms with Gasteiger partial charge >= 0.3 is 0 Å². The Morgan fingerprint density at radius 2 is 2.47 bits per heavy atom. The van der Waals surface area contributed by atoms with Crippen LogP contribution in [0, 0.1) is 0 Å². The first-order chi connectivity index (χ1) is 8.11. The highest BCUT2D eigenvalue weighted by Gasteiger charge is 2.23. The van der Waals surface area contributed by atoms with Crippen molar-refractivity contribution in [1.82, 2.24) is 9.88 Å². The molecule has 2 rings (SSSR count). The van der Waals surface area contributed by atoms with Crippen LogP contribution in [0.4, 0.5) is 0 Å². The zero-order valence-electron chi connectivity index (χ0n) is 9.93. The van der Waals surface area contributed by atoms with Crippen molar-refractivity contribution in [3.05, 3.63) is 15.6 Å². The monoisotopic (exact) mass is 255 g/mol. The van der Waals surface area contributed by atoms with E-state index >= 15 is 0 Å². The SMILES string of the molecule is COCC(C)N1CCc2nc(C(=O)[O-])sc2C1. The number of nitrogens with zero attached hydrogens (tertiary/aromatic N) is 2. The third-order valence-corrected chi connectivity index (χ3v) is 4.03. The van der Waals surface area contributed by atoms with E-state index in [2.05, 4.69) is 16.8 Å². The van der Waals surface area contributed by atoms with Gasteiger partial charge in [0.1, 0.15) is 11.0 Å². The van der Waals surface area contributed by atoms with Gasteiger partial charge in [-0.15, -0.1) is 11.3 Å². The number of rotatable bonds is 4. The number of thiazole rings is 1. The molecule has 94 valence electrons. The van der Waals surface area contributed by atoms with Gasteiger partial charge in [-0.2, -0.15) is 0 Å². The van der Waals surface area contributed by atoms with E-state index in [1.807, 2.05) is 0 Å².